The first-order valence-corrected chi connectivity index (χ1v) is 6.52. The number of hydrogen-bond acceptors (Lipinski definition) is 1. The highest BCUT2D eigenvalue weighted by Crippen LogP contribution is 2.27. The second-order valence-corrected chi connectivity index (χ2v) is 4.99. The van der Waals surface area contributed by atoms with Crippen molar-refractivity contribution in [1.29, 1.82) is 0 Å². The summed E-state index contributed by atoms with van der Waals surface area (Å²) in [5.41, 5.74) is 0.775. The maximum Gasteiger partial charge on any atom is 0.263 e. The second-order valence-electron chi connectivity index (χ2n) is 4.14. The molecule has 0 heterocycles. The van der Waals surface area contributed by atoms with Crippen LogP contribution < -0.4 is 5.32 Å². The first-order valence-electron chi connectivity index (χ1n) is 5.73. The van der Waals surface area contributed by atoms with Gasteiger partial charge in [0.2, 0.25) is 0 Å². The van der Waals surface area contributed by atoms with Crippen LogP contribution in [-0.2, 0) is 6.54 Å². The van der Waals surface area contributed by atoms with Crippen LogP contribution in [0.1, 0.15) is 17.6 Å². The van der Waals surface area contributed by atoms with Crippen molar-refractivity contribution < 1.29 is 17.6 Å². The third-order valence-electron chi connectivity index (χ3n) is 2.71. The lowest BCUT2D eigenvalue weighted by Crippen LogP contribution is -2.03. The SMILES string of the molecule is Fc1cc(F)c(NCc2ccc(C(F)F)cc2)c(Br)c1. The largest absolute Gasteiger partial charge is 0.378 e. The van der Waals surface area contributed by atoms with Gasteiger partial charge in [-0.3, -0.25) is 0 Å². The Kier molecular flexibility index (Phi) is 4.65. The number of hydrogen-bond donors (Lipinski definition) is 1. The second kappa shape index (κ2) is 6.26. The Labute approximate surface area is 121 Å². The Balaban J connectivity index is 2.09. The molecular formula is C14H10BrF4N. The first-order chi connectivity index (χ1) is 9.47. The number of halogens is 5. The molecule has 2 aromatic rings. The van der Waals surface area contributed by atoms with Crippen LogP contribution in [0.3, 0.4) is 0 Å². The van der Waals surface area contributed by atoms with E-state index < -0.39 is 18.1 Å². The monoisotopic (exact) mass is 347 g/mol. The Morgan fingerprint density at radius 3 is 2.25 bits per heavy atom. The summed E-state index contributed by atoms with van der Waals surface area (Å²) in [5.74, 6) is -1.40. The molecule has 6 heteroatoms. The fourth-order valence-corrected chi connectivity index (χ4v) is 2.23. The van der Waals surface area contributed by atoms with E-state index in [4.69, 9.17) is 0 Å². The van der Waals surface area contributed by atoms with Crippen LogP contribution in [-0.4, -0.2) is 0 Å². The van der Waals surface area contributed by atoms with Crippen molar-refractivity contribution in [2.75, 3.05) is 5.32 Å². The van der Waals surface area contributed by atoms with Gasteiger partial charge >= 0.3 is 0 Å². The molecule has 0 saturated heterocycles. The molecular weight excluding hydrogens is 338 g/mol. The van der Waals surface area contributed by atoms with E-state index in [1.807, 2.05) is 0 Å². The molecule has 0 aliphatic carbocycles. The molecule has 106 valence electrons. The molecule has 0 spiro atoms. The molecule has 2 rings (SSSR count). The minimum Gasteiger partial charge on any atom is -0.378 e. The standard InChI is InChI=1S/C14H10BrF4N/c15-11-5-10(16)6-12(17)13(11)20-7-8-1-3-9(4-2-8)14(18)19/h1-6,14,20H,7H2. The van der Waals surface area contributed by atoms with Crippen LogP contribution in [0.25, 0.3) is 0 Å². The van der Waals surface area contributed by atoms with E-state index in [0.29, 0.717) is 5.56 Å². The van der Waals surface area contributed by atoms with Crippen molar-refractivity contribution in [3.05, 3.63) is 63.6 Å². The van der Waals surface area contributed by atoms with Crippen LogP contribution in [0.5, 0.6) is 0 Å². The van der Waals surface area contributed by atoms with Gasteiger partial charge in [-0.25, -0.2) is 17.6 Å². The fraction of sp³-hybridized carbons (Fsp3) is 0.143. The van der Waals surface area contributed by atoms with Crippen LogP contribution in [0.2, 0.25) is 0 Å². The topological polar surface area (TPSA) is 12.0 Å². The molecule has 0 unspecified atom stereocenters. The maximum absolute atomic E-state index is 13.6. The molecule has 0 saturated carbocycles. The minimum atomic E-state index is -2.51. The molecule has 1 nitrogen and oxygen atoms in total. The number of anilines is 1. The third kappa shape index (κ3) is 3.50. The summed E-state index contributed by atoms with van der Waals surface area (Å²) >= 11 is 3.06. The van der Waals surface area contributed by atoms with Gasteiger partial charge in [0.15, 0.2) is 0 Å². The zero-order chi connectivity index (χ0) is 14.7. The van der Waals surface area contributed by atoms with Crippen molar-refractivity contribution >= 4 is 21.6 Å². The number of nitrogens with one attached hydrogen (secondary N) is 1. The lowest BCUT2D eigenvalue weighted by atomic mass is 10.1. The van der Waals surface area contributed by atoms with E-state index in [1.54, 1.807) is 0 Å². The molecule has 0 amide bonds. The number of rotatable bonds is 4. The number of benzene rings is 2. The average Bonchev–Trinajstić information content (AvgIpc) is 2.38. The van der Waals surface area contributed by atoms with Crippen molar-refractivity contribution in [2.24, 2.45) is 0 Å². The molecule has 20 heavy (non-hydrogen) atoms. The Morgan fingerprint density at radius 2 is 1.70 bits per heavy atom. The highest BCUT2D eigenvalue weighted by Gasteiger charge is 2.10. The summed E-state index contributed by atoms with van der Waals surface area (Å²) in [4.78, 5) is 0. The predicted octanol–water partition coefficient (Wildman–Crippen LogP) is 5.28. The zero-order valence-electron chi connectivity index (χ0n) is 10.1. The normalized spacial score (nSPS) is 10.9. The average molecular weight is 348 g/mol. The van der Waals surface area contributed by atoms with Crippen LogP contribution >= 0.6 is 15.9 Å². The van der Waals surface area contributed by atoms with E-state index in [-0.39, 0.29) is 22.3 Å². The zero-order valence-corrected chi connectivity index (χ0v) is 11.7. The van der Waals surface area contributed by atoms with Crippen LogP contribution in [0.15, 0.2) is 40.9 Å². The van der Waals surface area contributed by atoms with Crippen molar-refractivity contribution in [3.63, 3.8) is 0 Å². The summed E-state index contributed by atoms with van der Waals surface area (Å²) in [6.45, 7) is 0.241. The molecule has 2 aromatic carbocycles. The van der Waals surface area contributed by atoms with Gasteiger partial charge in [0, 0.05) is 22.6 Å². The van der Waals surface area contributed by atoms with E-state index in [9.17, 15) is 17.6 Å². The number of alkyl halides is 2. The minimum absolute atomic E-state index is 0.0668. The van der Waals surface area contributed by atoms with E-state index >= 15 is 0 Å². The van der Waals surface area contributed by atoms with Gasteiger partial charge < -0.3 is 5.32 Å². The summed E-state index contributed by atoms with van der Waals surface area (Å²) in [5, 5.41) is 2.80. The molecule has 0 bridgehead atoms. The summed E-state index contributed by atoms with van der Waals surface area (Å²) in [6.07, 6.45) is -2.51. The summed E-state index contributed by atoms with van der Waals surface area (Å²) in [7, 11) is 0. The lowest BCUT2D eigenvalue weighted by molar-refractivity contribution is 0.151. The van der Waals surface area contributed by atoms with Gasteiger partial charge in [-0.1, -0.05) is 24.3 Å². The molecule has 0 radical (unpaired) electrons. The third-order valence-corrected chi connectivity index (χ3v) is 3.33. The van der Waals surface area contributed by atoms with Crippen LogP contribution in [0.4, 0.5) is 23.2 Å². The van der Waals surface area contributed by atoms with E-state index in [2.05, 4.69) is 21.2 Å². The van der Waals surface area contributed by atoms with Gasteiger partial charge in [-0.15, -0.1) is 0 Å². The predicted molar refractivity (Wildman–Crippen MR) is 72.8 cm³/mol. The Bertz CT molecular complexity index is 576. The summed E-state index contributed by atoms with van der Waals surface area (Å²) in [6, 6.07) is 7.61. The highest BCUT2D eigenvalue weighted by atomic mass is 79.9. The molecule has 0 fully saturated rings. The molecule has 1 N–H and O–H groups in total. The van der Waals surface area contributed by atoms with Crippen molar-refractivity contribution in [1.82, 2.24) is 0 Å². The lowest BCUT2D eigenvalue weighted by Gasteiger charge is -2.10. The molecule has 0 aliphatic heterocycles. The maximum atomic E-state index is 13.6. The fourth-order valence-electron chi connectivity index (χ4n) is 1.68. The van der Waals surface area contributed by atoms with Crippen LogP contribution in [0, 0.1) is 11.6 Å². The molecule has 0 aliphatic rings. The van der Waals surface area contributed by atoms with Crippen molar-refractivity contribution in [3.8, 4) is 0 Å². The van der Waals surface area contributed by atoms with Gasteiger partial charge in [-0.2, -0.15) is 0 Å². The van der Waals surface area contributed by atoms with E-state index in [1.165, 1.54) is 24.3 Å². The molecule has 0 aromatic heterocycles. The van der Waals surface area contributed by atoms with Gasteiger partial charge in [-0.05, 0) is 27.6 Å². The van der Waals surface area contributed by atoms with E-state index in [0.717, 1.165) is 12.1 Å². The van der Waals surface area contributed by atoms with Gasteiger partial charge in [0.1, 0.15) is 11.6 Å². The highest BCUT2D eigenvalue weighted by molar-refractivity contribution is 9.10. The quantitative estimate of drug-likeness (QED) is 0.742. The first kappa shape index (κ1) is 14.8. The molecule has 0 atom stereocenters. The van der Waals surface area contributed by atoms with Gasteiger partial charge in [0.25, 0.3) is 6.43 Å². The smallest absolute Gasteiger partial charge is 0.263 e. The van der Waals surface area contributed by atoms with Crippen molar-refractivity contribution in [2.45, 2.75) is 13.0 Å². The Morgan fingerprint density at radius 1 is 1.05 bits per heavy atom. The Hall–Kier alpha value is -1.56. The van der Waals surface area contributed by atoms with Gasteiger partial charge in [0.05, 0.1) is 5.69 Å². The summed E-state index contributed by atoms with van der Waals surface area (Å²) < 4.78 is 51.5.